The van der Waals surface area contributed by atoms with Crippen molar-refractivity contribution in [3.8, 4) is 0 Å². The molecule has 0 unspecified atom stereocenters. The van der Waals surface area contributed by atoms with Gasteiger partial charge < -0.3 is 15.7 Å². The van der Waals surface area contributed by atoms with Crippen LogP contribution in [0.1, 0.15) is 25.8 Å². The standard InChI is InChI=1S/C14H17ClF3N3O3/c1-7(2)11(13(23)24)21-10(22)3-4-19-12-9(15)5-8(6-20-12)14(16,17)18/h5-7,11H,3-4H2,1-2H3,(H,19,20)(H,21,22)(H,23,24)/t11-/m0/s1. The summed E-state index contributed by atoms with van der Waals surface area (Å²) in [4.78, 5) is 26.3. The van der Waals surface area contributed by atoms with E-state index in [9.17, 15) is 22.8 Å². The number of pyridine rings is 1. The SMILES string of the molecule is CC(C)[C@H](NC(=O)CCNc1ncc(C(F)(F)F)cc1Cl)C(=O)O. The lowest BCUT2D eigenvalue weighted by atomic mass is 10.0. The van der Waals surface area contributed by atoms with E-state index >= 15 is 0 Å². The lowest BCUT2D eigenvalue weighted by Gasteiger charge is -2.18. The first-order chi connectivity index (χ1) is 11.0. The molecule has 0 saturated carbocycles. The number of hydrogen-bond donors (Lipinski definition) is 3. The fraction of sp³-hybridized carbons (Fsp3) is 0.500. The van der Waals surface area contributed by atoms with E-state index in [2.05, 4.69) is 15.6 Å². The third kappa shape index (κ3) is 5.88. The molecule has 24 heavy (non-hydrogen) atoms. The molecule has 0 spiro atoms. The number of aliphatic carboxylic acids is 1. The molecule has 0 fully saturated rings. The predicted octanol–water partition coefficient (Wildman–Crippen LogP) is 2.78. The highest BCUT2D eigenvalue weighted by atomic mass is 35.5. The largest absolute Gasteiger partial charge is 0.480 e. The van der Waals surface area contributed by atoms with Crippen molar-refractivity contribution in [2.45, 2.75) is 32.5 Å². The van der Waals surface area contributed by atoms with E-state index in [4.69, 9.17) is 16.7 Å². The maximum Gasteiger partial charge on any atom is 0.417 e. The van der Waals surface area contributed by atoms with E-state index in [1.165, 1.54) is 0 Å². The number of carbonyl (C=O) groups excluding carboxylic acids is 1. The molecule has 1 aromatic heterocycles. The highest BCUT2D eigenvalue weighted by Crippen LogP contribution is 2.32. The number of hydrogen-bond acceptors (Lipinski definition) is 4. The molecule has 134 valence electrons. The molecule has 1 rings (SSSR count). The first kappa shape index (κ1) is 20.0. The van der Waals surface area contributed by atoms with Crippen molar-refractivity contribution in [1.82, 2.24) is 10.3 Å². The van der Waals surface area contributed by atoms with Gasteiger partial charge in [0.15, 0.2) is 0 Å². The van der Waals surface area contributed by atoms with Crippen LogP contribution in [0.3, 0.4) is 0 Å². The Morgan fingerprint density at radius 3 is 2.46 bits per heavy atom. The Bertz CT molecular complexity index is 609. The molecule has 0 aliphatic heterocycles. The molecule has 1 atom stereocenters. The summed E-state index contributed by atoms with van der Waals surface area (Å²) in [5.41, 5.74) is -0.975. The number of nitrogens with one attached hydrogen (secondary N) is 2. The fourth-order valence-electron chi connectivity index (χ4n) is 1.78. The van der Waals surface area contributed by atoms with Gasteiger partial charge in [-0.2, -0.15) is 13.2 Å². The van der Waals surface area contributed by atoms with Crippen LogP contribution in [0.2, 0.25) is 5.02 Å². The van der Waals surface area contributed by atoms with Gasteiger partial charge in [0, 0.05) is 19.2 Å². The Morgan fingerprint density at radius 1 is 1.38 bits per heavy atom. The van der Waals surface area contributed by atoms with Crippen molar-refractivity contribution in [1.29, 1.82) is 0 Å². The van der Waals surface area contributed by atoms with Crippen LogP contribution in [0.4, 0.5) is 19.0 Å². The Balaban J connectivity index is 2.56. The lowest BCUT2D eigenvalue weighted by molar-refractivity contribution is -0.143. The first-order valence-electron chi connectivity index (χ1n) is 7.01. The van der Waals surface area contributed by atoms with Crippen LogP contribution >= 0.6 is 11.6 Å². The first-order valence-corrected chi connectivity index (χ1v) is 7.39. The summed E-state index contributed by atoms with van der Waals surface area (Å²) in [5.74, 6) is -1.92. The van der Waals surface area contributed by atoms with Gasteiger partial charge in [0.1, 0.15) is 11.9 Å². The molecule has 3 N–H and O–H groups in total. The molecule has 0 bridgehead atoms. The van der Waals surface area contributed by atoms with E-state index in [0.29, 0.717) is 6.20 Å². The van der Waals surface area contributed by atoms with Crippen molar-refractivity contribution in [3.05, 3.63) is 22.8 Å². The van der Waals surface area contributed by atoms with Crippen molar-refractivity contribution in [2.24, 2.45) is 5.92 Å². The monoisotopic (exact) mass is 367 g/mol. The Morgan fingerprint density at radius 2 is 2.00 bits per heavy atom. The molecular weight excluding hydrogens is 351 g/mol. The second kappa shape index (κ2) is 8.18. The van der Waals surface area contributed by atoms with Gasteiger partial charge in [-0.25, -0.2) is 9.78 Å². The minimum atomic E-state index is -4.54. The number of halogens is 4. The zero-order valence-electron chi connectivity index (χ0n) is 12.9. The zero-order valence-corrected chi connectivity index (χ0v) is 13.7. The van der Waals surface area contributed by atoms with E-state index in [1.807, 2.05) is 0 Å². The second-order valence-electron chi connectivity index (χ2n) is 5.36. The van der Waals surface area contributed by atoms with E-state index in [-0.39, 0.29) is 29.7 Å². The summed E-state index contributed by atoms with van der Waals surface area (Å²) in [5, 5.41) is 13.7. The molecular formula is C14H17ClF3N3O3. The molecule has 1 aromatic rings. The maximum absolute atomic E-state index is 12.5. The predicted molar refractivity (Wildman–Crippen MR) is 81.8 cm³/mol. The van der Waals surface area contributed by atoms with E-state index in [0.717, 1.165) is 6.07 Å². The summed E-state index contributed by atoms with van der Waals surface area (Å²) in [6, 6.07) is -0.277. The third-order valence-corrected chi connectivity index (χ3v) is 3.35. The van der Waals surface area contributed by atoms with Crippen molar-refractivity contribution in [3.63, 3.8) is 0 Å². The van der Waals surface area contributed by atoms with E-state index < -0.39 is 29.7 Å². The zero-order chi connectivity index (χ0) is 18.5. The molecule has 0 saturated heterocycles. The number of amides is 1. The van der Waals surface area contributed by atoms with Crippen LogP contribution in [0, 0.1) is 5.92 Å². The molecule has 0 radical (unpaired) electrons. The number of carboxylic acid groups (broad SMARTS) is 1. The molecule has 1 amide bonds. The number of aromatic nitrogens is 1. The van der Waals surface area contributed by atoms with Gasteiger partial charge in [0.05, 0.1) is 10.6 Å². The third-order valence-electron chi connectivity index (χ3n) is 3.06. The average molecular weight is 368 g/mol. The molecule has 10 heteroatoms. The second-order valence-corrected chi connectivity index (χ2v) is 5.76. The van der Waals surface area contributed by atoms with Gasteiger partial charge in [0.2, 0.25) is 5.91 Å². The molecule has 1 heterocycles. The summed E-state index contributed by atoms with van der Waals surface area (Å²) in [6.07, 6.45) is -4.00. The Kier molecular flexibility index (Phi) is 6.82. The van der Waals surface area contributed by atoms with E-state index in [1.54, 1.807) is 13.8 Å². The maximum atomic E-state index is 12.5. The minimum absolute atomic E-state index is 0.0103. The Hall–Kier alpha value is -2.03. The van der Waals surface area contributed by atoms with Crippen molar-refractivity contribution < 1.29 is 27.9 Å². The number of carboxylic acids is 1. The number of nitrogens with zero attached hydrogens (tertiary/aromatic N) is 1. The molecule has 6 nitrogen and oxygen atoms in total. The Labute approximate surface area is 141 Å². The average Bonchev–Trinajstić information content (AvgIpc) is 2.44. The number of alkyl halides is 3. The summed E-state index contributed by atoms with van der Waals surface area (Å²) < 4.78 is 37.5. The normalized spacial score (nSPS) is 12.8. The van der Waals surface area contributed by atoms with Gasteiger partial charge in [-0.15, -0.1) is 0 Å². The summed E-state index contributed by atoms with van der Waals surface area (Å²) in [6.45, 7) is 3.35. The topological polar surface area (TPSA) is 91.3 Å². The van der Waals surface area contributed by atoms with Crippen molar-refractivity contribution >= 4 is 29.3 Å². The van der Waals surface area contributed by atoms with Gasteiger partial charge in [0.25, 0.3) is 0 Å². The molecule has 0 aliphatic rings. The van der Waals surface area contributed by atoms with Crippen molar-refractivity contribution in [2.75, 3.05) is 11.9 Å². The van der Waals surface area contributed by atoms with Crippen LogP contribution in [-0.2, 0) is 15.8 Å². The highest BCUT2D eigenvalue weighted by Gasteiger charge is 2.31. The van der Waals surface area contributed by atoms with Gasteiger partial charge in [-0.3, -0.25) is 4.79 Å². The quantitative estimate of drug-likeness (QED) is 0.689. The lowest BCUT2D eigenvalue weighted by Crippen LogP contribution is -2.44. The van der Waals surface area contributed by atoms with Crippen LogP contribution in [0.5, 0.6) is 0 Å². The van der Waals surface area contributed by atoms with Gasteiger partial charge >= 0.3 is 12.1 Å². The van der Waals surface area contributed by atoms with Gasteiger partial charge in [-0.1, -0.05) is 25.4 Å². The number of rotatable bonds is 7. The fourth-order valence-corrected chi connectivity index (χ4v) is 2.01. The summed E-state index contributed by atoms with van der Waals surface area (Å²) >= 11 is 5.71. The van der Waals surface area contributed by atoms with Crippen LogP contribution < -0.4 is 10.6 Å². The number of anilines is 1. The van der Waals surface area contributed by atoms with Gasteiger partial charge in [-0.05, 0) is 12.0 Å². The van der Waals surface area contributed by atoms with Crippen LogP contribution in [-0.4, -0.2) is 34.6 Å². The highest BCUT2D eigenvalue weighted by molar-refractivity contribution is 6.32. The molecule has 0 aliphatic carbocycles. The van der Waals surface area contributed by atoms with Crippen LogP contribution in [0.15, 0.2) is 12.3 Å². The number of carbonyl (C=O) groups is 2. The summed E-state index contributed by atoms with van der Waals surface area (Å²) in [7, 11) is 0. The van der Waals surface area contributed by atoms with Crippen LogP contribution in [0.25, 0.3) is 0 Å². The smallest absolute Gasteiger partial charge is 0.417 e. The minimum Gasteiger partial charge on any atom is -0.480 e. The molecule has 0 aromatic carbocycles.